The van der Waals surface area contributed by atoms with Crippen LogP contribution >= 0.6 is 0 Å². The molecule has 0 aliphatic heterocycles. The molecule has 14 heavy (non-hydrogen) atoms. The molecule has 0 aliphatic rings. The summed E-state index contributed by atoms with van der Waals surface area (Å²) in [6.45, 7) is 3.86. The van der Waals surface area contributed by atoms with Gasteiger partial charge in [0.2, 0.25) is 0 Å². The third-order valence-electron chi connectivity index (χ3n) is 1.87. The molecule has 0 amide bonds. The van der Waals surface area contributed by atoms with Crippen molar-refractivity contribution >= 4 is 11.8 Å². The summed E-state index contributed by atoms with van der Waals surface area (Å²) in [4.78, 5) is 16.5. The number of pyridine rings is 1. The van der Waals surface area contributed by atoms with Crippen LogP contribution in [-0.2, 0) is 4.79 Å². The average Bonchev–Trinajstić information content (AvgIpc) is 2.15. The molecule has 4 heteroatoms. The molecular weight excluding hydrogens is 180 g/mol. The predicted molar refractivity (Wildman–Crippen MR) is 54.4 cm³/mol. The van der Waals surface area contributed by atoms with Crippen molar-refractivity contribution in [3.05, 3.63) is 24.4 Å². The van der Waals surface area contributed by atoms with E-state index in [1.165, 1.54) is 0 Å². The molecule has 1 rings (SSSR count). The van der Waals surface area contributed by atoms with E-state index in [0.717, 1.165) is 0 Å². The molecule has 0 saturated carbocycles. The maximum Gasteiger partial charge on any atom is 0.323 e. The summed E-state index contributed by atoms with van der Waals surface area (Å²) < 4.78 is 0. The fourth-order valence-corrected chi connectivity index (χ4v) is 1.20. The summed E-state index contributed by atoms with van der Waals surface area (Å²) >= 11 is 0. The molecule has 1 heterocycles. The lowest BCUT2D eigenvalue weighted by Gasteiger charge is -2.25. The molecule has 0 unspecified atom stereocenters. The zero-order chi connectivity index (χ0) is 10.6. The Hall–Kier alpha value is -1.58. The number of aromatic nitrogens is 1. The standard InChI is InChI=1S/C10H14N2O2/c1-8(2)12(7-10(13)14)9-5-3-4-6-11-9/h3-6,8H,7H2,1-2H3,(H,13,14). The third-order valence-corrected chi connectivity index (χ3v) is 1.87. The zero-order valence-electron chi connectivity index (χ0n) is 8.34. The van der Waals surface area contributed by atoms with Gasteiger partial charge in [0.1, 0.15) is 12.4 Å². The van der Waals surface area contributed by atoms with Crippen LogP contribution in [0.2, 0.25) is 0 Å². The Morgan fingerprint density at radius 2 is 2.29 bits per heavy atom. The van der Waals surface area contributed by atoms with Gasteiger partial charge in [-0.1, -0.05) is 6.07 Å². The van der Waals surface area contributed by atoms with Gasteiger partial charge in [0.05, 0.1) is 0 Å². The van der Waals surface area contributed by atoms with E-state index in [4.69, 9.17) is 5.11 Å². The van der Waals surface area contributed by atoms with Crippen molar-refractivity contribution in [2.75, 3.05) is 11.4 Å². The molecule has 1 aromatic heterocycles. The number of hydrogen-bond acceptors (Lipinski definition) is 3. The number of carboxylic acid groups (broad SMARTS) is 1. The number of carboxylic acids is 1. The fraction of sp³-hybridized carbons (Fsp3) is 0.400. The molecule has 76 valence electrons. The van der Waals surface area contributed by atoms with Gasteiger partial charge in [-0.05, 0) is 26.0 Å². The first-order valence-corrected chi connectivity index (χ1v) is 4.50. The van der Waals surface area contributed by atoms with E-state index in [9.17, 15) is 4.79 Å². The van der Waals surface area contributed by atoms with Crippen molar-refractivity contribution in [2.24, 2.45) is 0 Å². The third kappa shape index (κ3) is 2.73. The summed E-state index contributed by atoms with van der Waals surface area (Å²) in [5.74, 6) is -0.144. The minimum absolute atomic E-state index is 0.0192. The largest absolute Gasteiger partial charge is 0.480 e. The van der Waals surface area contributed by atoms with Crippen LogP contribution in [0.3, 0.4) is 0 Å². The Morgan fingerprint density at radius 3 is 2.71 bits per heavy atom. The second-order valence-electron chi connectivity index (χ2n) is 3.30. The molecule has 0 atom stereocenters. The van der Waals surface area contributed by atoms with Gasteiger partial charge in [-0.25, -0.2) is 4.98 Å². The Labute approximate surface area is 83.2 Å². The van der Waals surface area contributed by atoms with Gasteiger partial charge in [0, 0.05) is 12.2 Å². The highest BCUT2D eigenvalue weighted by atomic mass is 16.4. The van der Waals surface area contributed by atoms with Crippen LogP contribution in [0, 0.1) is 0 Å². The molecule has 4 nitrogen and oxygen atoms in total. The van der Waals surface area contributed by atoms with Crippen LogP contribution < -0.4 is 4.90 Å². The Bertz CT molecular complexity index is 298. The van der Waals surface area contributed by atoms with E-state index in [-0.39, 0.29) is 12.6 Å². The van der Waals surface area contributed by atoms with Gasteiger partial charge in [0.15, 0.2) is 0 Å². The first-order valence-electron chi connectivity index (χ1n) is 4.50. The Balaban J connectivity index is 2.83. The van der Waals surface area contributed by atoms with Crippen LogP contribution in [0.1, 0.15) is 13.8 Å². The van der Waals surface area contributed by atoms with E-state index in [1.807, 2.05) is 32.0 Å². The monoisotopic (exact) mass is 194 g/mol. The van der Waals surface area contributed by atoms with Gasteiger partial charge >= 0.3 is 5.97 Å². The lowest BCUT2D eigenvalue weighted by molar-refractivity contribution is -0.135. The fourth-order valence-electron chi connectivity index (χ4n) is 1.20. The topological polar surface area (TPSA) is 53.4 Å². The molecule has 0 saturated heterocycles. The highest BCUT2D eigenvalue weighted by molar-refractivity contribution is 5.73. The molecule has 0 spiro atoms. The lowest BCUT2D eigenvalue weighted by atomic mass is 10.3. The molecule has 1 N–H and O–H groups in total. The Kier molecular flexibility index (Phi) is 3.45. The average molecular weight is 194 g/mol. The number of nitrogens with zero attached hydrogens (tertiary/aromatic N) is 2. The number of aliphatic carboxylic acids is 1. The van der Waals surface area contributed by atoms with Crippen molar-refractivity contribution in [3.63, 3.8) is 0 Å². The van der Waals surface area contributed by atoms with E-state index < -0.39 is 5.97 Å². The first-order chi connectivity index (χ1) is 6.61. The molecule has 0 aromatic carbocycles. The molecule has 0 aliphatic carbocycles. The van der Waals surface area contributed by atoms with Gasteiger partial charge < -0.3 is 10.0 Å². The smallest absolute Gasteiger partial charge is 0.323 e. The second kappa shape index (κ2) is 4.60. The lowest BCUT2D eigenvalue weighted by Crippen LogP contribution is -2.36. The Morgan fingerprint density at radius 1 is 1.57 bits per heavy atom. The van der Waals surface area contributed by atoms with Gasteiger partial charge in [-0.3, -0.25) is 4.79 Å². The maximum absolute atomic E-state index is 10.6. The van der Waals surface area contributed by atoms with E-state index in [1.54, 1.807) is 11.1 Å². The van der Waals surface area contributed by atoms with Crippen LogP contribution in [0.15, 0.2) is 24.4 Å². The van der Waals surface area contributed by atoms with Crippen molar-refractivity contribution in [2.45, 2.75) is 19.9 Å². The first kappa shape index (κ1) is 10.5. The molecule has 0 radical (unpaired) electrons. The van der Waals surface area contributed by atoms with Gasteiger partial charge in [-0.2, -0.15) is 0 Å². The summed E-state index contributed by atoms with van der Waals surface area (Å²) in [7, 11) is 0. The summed E-state index contributed by atoms with van der Waals surface area (Å²) in [6.07, 6.45) is 1.66. The highest BCUT2D eigenvalue weighted by Gasteiger charge is 2.14. The van der Waals surface area contributed by atoms with Crippen LogP contribution in [0.4, 0.5) is 5.82 Å². The number of rotatable bonds is 4. The number of hydrogen-bond donors (Lipinski definition) is 1. The van der Waals surface area contributed by atoms with Crippen molar-refractivity contribution in [3.8, 4) is 0 Å². The van der Waals surface area contributed by atoms with Crippen LogP contribution in [0.25, 0.3) is 0 Å². The van der Waals surface area contributed by atoms with E-state index in [2.05, 4.69) is 4.98 Å². The summed E-state index contributed by atoms with van der Waals surface area (Å²) in [5, 5.41) is 8.72. The van der Waals surface area contributed by atoms with E-state index in [0.29, 0.717) is 5.82 Å². The van der Waals surface area contributed by atoms with E-state index >= 15 is 0 Å². The highest BCUT2D eigenvalue weighted by Crippen LogP contribution is 2.12. The zero-order valence-corrected chi connectivity index (χ0v) is 8.34. The summed E-state index contributed by atoms with van der Waals surface area (Å²) in [5.41, 5.74) is 0. The SMILES string of the molecule is CC(C)N(CC(=O)O)c1ccccn1. The minimum Gasteiger partial charge on any atom is -0.480 e. The molecule has 0 fully saturated rings. The normalized spacial score (nSPS) is 10.2. The minimum atomic E-state index is -0.843. The second-order valence-corrected chi connectivity index (χ2v) is 3.30. The van der Waals surface area contributed by atoms with Crippen LogP contribution in [0.5, 0.6) is 0 Å². The molecular formula is C10H14N2O2. The van der Waals surface area contributed by atoms with Crippen LogP contribution in [-0.4, -0.2) is 28.6 Å². The number of anilines is 1. The van der Waals surface area contributed by atoms with Gasteiger partial charge in [0.25, 0.3) is 0 Å². The summed E-state index contributed by atoms with van der Waals surface area (Å²) in [6, 6.07) is 5.59. The quantitative estimate of drug-likeness (QED) is 0.786. The van der Waals surface area contributed by atoms with Crippen molar-refractivity contribution in [1.29, 1.82) is 0 Å². The predicted octanol–water partition coefficient (Wildman–Crippen LogP) is 1.38. The van der Waals surface area contributed by atoms with Gasteiger partial charge in [-0.15, -0.1) is 0 Å². The van der Waals surface area contributed by atoms with Crippen molar-refractivity contribution in [1.82, 2.24) is 4.98 Å². The molecule has 1 aromatic rings. The van der Waals surface area contributed by atoms with Crippen molar-refractivity contribution < 1.29 is 9.90 Å². The maximum atomic E-state index is 10.6. The number of carbonyl (C=O) groups is 1. The molecule has 0 bridgehead atoms.